The van der Waals surface area contributed by atoms with Crippen LogP contribution in [-0.4, -0.2) is 47.8 Å². The van der Waals surface area contributed by atoms with Crippen LogP contribution in [0.25, 0.3) is 0 Å². The quantitative estimate of drug-likeness (QED) is 0.896. The maximum absolute atomic E-state index is 13.8. The van der Waals surface area contributed by atoms with Crippen molar-refractivity contribution >= 4 is 11.8 Å². The molecule has 142 valence electrons. The van der Waals surface area contributed by atoms with E-state index in [0.29, 0.717) is 24.7 Å². The van der Waals surface area contributed by atoms with Gasteiger partial charge in [-0.15, -0.1) is 0 Å². The first-order valence-corrected chi connectivity index (χ1v) is 8.69. The van der Waals surface area contributed by atoms with Gasteiger partial charge in [-0.2, -0.15) is 0 Å². The molecule has 1 unspecified atom stereocenters. The largest absolute Gasteiger partial charge is 0.337 e. The summed E-state index contributed by atoms with van der Waals surface area (Å²) in [5.41, 5.74) is 5.64. The molecule has 27 heavy (non-hydrogen) atoms. The molecular formula is C20H21F2N3O2. The third-order valence-electron chi connectivity index (χ3n) is 4.83. The van der Waals surface area contributed by atoms with Gasteiger partial charge in [0, 0.05) is 32.2 Å². The van der Waals surface area contributed by atoms with Gasteiger partial charge in [-0.1, -0.05) is 30.3 Å². The number of piperazine rings is 1. The Balaban J connectivity index is 1.66. The molecule has 1 aliphatic rings. The van der Waals surface area contributed by atoms with Crippen LogP contribution < -0.4 is 5.73 Å². The Morgan fingerprint density at radius 2 is 1.56 bits per heavy atom. The van der Waals surface area contributed by atoms with Gasteiger partial charge < -0.3 is 15.5 Å². The summed E-state index contributed by atoms with van der Waals surface area (Å²) in [5, 5.41) is 0. The van der Waals surface area contributed by atoms with Crippen LogP contribution in [0.15, 0.2) is 48.5 Å². The number of rotatable bonds is 3. The van der Waals surface area contributed by atoms with Crippen molar-refractivity contribution in [1.29, 1.82) is 0 Å². The van der Waals surface area contributed by atoms with Crippen LogP contribution in [0.4, 0.5) is 8.78 Å². The Labute approximate surface area is 156 Å². The molecule has 0 bridgehead atoms. The average molecular weight is 373 g/mol. The van der Waals surface area contributed by atoms with E-state index in [0.717, 1.165) is 12.1 Å². The van der Waals surface area contributed by atoms with Crippen LogP contribution in [-0.2, 0) is 10.3 Å². The third kappa shape index (κ3) is 3.83. The lowest BCUT2D eigenvalue weighted by Gasteiger charge is -2.38. The van der Waals surface area contributed by atoms with Crippen molar-refractivity contribution in [3.63, 3.8) is 0 Å². The standard InChI is InChI=1S/C20H21F2N3O2/c1-20(23,14-5-3-2-4-6-14)19(27)25-11-9-24(10-12-25)18(26)16-8-7-15(21)13-17(16)22/h2-8,13H,9-12,23H2,1H3. The zero-order valence-corrected chi connectivity index (χ0v) is 15.0. The van der Waals surface area contributed by atoms with Crippen LogP contribution >= 0.6 is 0 Å². The fourth-order valence-corrected chi connectivity index (χ4v) is 3.18. The Kier molecular flexibility index (Phi) is 5.23. The highest BCUT2D eigenvalue weighted by Crippen LogP contribution is 2.22. The third-order valence-corrected chi connectivity index (χ3v) is 4.83. The molecule has 1 aliphatic heterocycles. The van der Waals surface area contributed by atoms with Crippen molar-refractivity contribution in [2.75, 3.05) is 26.2 Å². The first-order chi connectivity index (χ1) is 12.8. The summed E-state index contributed by atoms with van der Waals surface area (Å²) < 4.78 is 26.9. The smallest absolute Gasteiger partial charge is 0.256 e. The molecule has 0 aliphatic carbocycles. The predicted molar refractivity (Wildman–Crippen MR) is 96.8 cm³/mol. The fourth-order valence-electron chi connectivity index (χ4n) is 3.18. The summed E-state index contributed by atoms with van der Waals surface area (Å²) in [5.74, 6) is -2.37. The second-order valence-corrected chi connectivity index (χ2v) is 6.78. The van der Waals surface area contributed by atoms with Crippen molar-refractivity contribution in [3.05, 3.63) is 71.3 Å². The summed E-state index contributed by atoms with van der Waals surface area (Å²) in [4.78, 5) is 28.4. The minimum atomic E-state index is -1.17. The second-order valence-electron chi connectivity index (χ2n) is 6.78. The molecule has 1 fully saturated rings. The summed E-state index contributed by atoms with van der Waals surface area (Å²) in [7, 11) is 0. The number of nitrogens with zero attached hydrogens (tertiary/aromatic N) is 2. The van der Waals surface area contributed by atoms with Crippen molar-refractivity contribution in [1.82, 2.24) is 9.80 Å². The number of carbonyl (C=O) groups excluding carboxylic acids is 2. The van der Waals surface area contributed by atoms with Gasteiger partial charge in [0.15, 0.2) is 0 Å². The van der Waals surface area contributed by atoms with Crippen LogP contribution in [0.5, 0.6) is 0 Å². The predicted octanol–water partition coefficient (Wildman–Crippen LogP) is 2.12. The normalized spacial score (nSPS) is 16.7. The van der Waals surface area contributed by atoms with Crippen molar-refractivity contribution < 1.29 is 18.4 Å². The summed E-state index contributed by atoms with van der Waals surface area (Å²) in [6.45, 7) is 2.77. The van der Waals surface area contributed by atoms with Gasteiger partial charge in [0.2, 0.25) is 5.91 Å². The highest BCUT2D eigenvalue weighted by molar-refractivity contribution is 5.95. The highest BCUT2D eigenvalue weighted by Gasteiger charge is 2.36. The van der Waals surface area contributed by atoms with Gasteiger partial charge in [-0.05, 0) is 24.6 Å². The van der Waals surface area contributed by atoms with E-state index < -0.39 is 23.1 Å². The molecule has 0 radical (unpaired) electrons. The highest BCUT2D eigenvalue weighted by atomic mass is 19.1. The molecule has 1 saturated heterocycles. The van der Waals surface area contributed by atoms with Gasteiger partial charge in [-0.3, -0.25) is 9.59 Å². The monoisotopic (exact) mass is 373 g/mol. The number of carbonyl (C=O) groups is 2. The molecule has 0 saturated carbocycles. The molecule has 2 aromatic carbocycles. The fraction of sp³-hybridized carbons (Fsp3) is 0.300. The average Bonchev–Trinajstić information content (AvgIpc) is 2.68. The molecule has 5 nitrogen and oxygen atoms in total. The van der Waals surface area contributed by atoms with Gasteiger partial charge in [0.05, 0.1) is 5.56 Å². The van der Waals surface area contributed by atoms with E-state index in [1.165, 1.54) is 4.90 Å². The lowest BCUT2D eigenvalue weighted by Crippen LogP contribution is -2.57. The topological polar surface area (TPSA) is 66.6 Å². The SMILES string of the molecule is CC(N)(C(=O)N1CCN(C(=O)c2ccc(F)cc2F)CC1)c1ccccc1. The van der Waals surface area contributed by atoms with Gasteiger partial charge in [0.1, 0.15) is 17.2 Å². The lowest BCUT2D eigenvalue weighted by molar-refractivity contribution is -0.138. The van der Waals surface area contributed by atoms with Crippen molar-refractivity contribution in [2.45, 2.75) is 12.5 Å². The Hall–Kier alpha value is -2.80. The molecule has 2 amide bonds. The molecular weight excluding hydrogens is 352 g/mol. The maximum Gasteiger partial charge on any atom is 0.256 e. The summed E-state index contributed by atoms with van der Waals surface area (Å²) >= 11 is 0. The number of amides is 2. The van der Waals surface area contributed by atoms with Crippen LogP contribution in [0.3, 0.4) is 0 Å². The Morgan fingerprint density at radius 3 is 2.15 bits per heavy atom. The van der Waals surface area contributed by atoms with E-state index in [9.17, 15) is 18.4 Å². The number of nitrogens with two attached hydrogens (primary N) is 1. The Bertz CT molecular complexity index is 848. The van der Waals surface area contributed by atoms with E-state index in [1.54, 1.807) is 24.0 Å². The molecule has 0 spiro atoms. The number of halogens is 2. The lowest BCUT2D eigenvalue weighted by atomic mass is 9.91. The number of hydrogen-bond acceptors (Lipinski definition) is 3. The van der Waals surface area contributed by atoms with Crippen molar-refractivity contribution in [2.24, 2.45) is 5.73 Å². The van der Waals surface area contributed by atoms with E-state index in [1.807, 2.05) is 18.2 Å². The summed E-state index contributed by atoms with van der Waals surface area (Å²) in [6.07, 6.45) is 0. The number of hydrogen-bond donors (Lipinski definition) is 1. The minimum Gasteiger partial charge on any atom is -0.337 e. The first-order valence-electron chi connectivity index (χ1n) is 8.69. The molecule has 7 heteroatoms. The number of benzene rings is 2. The molecule has 2 aromatic rings. The van der Waals surface area contributed by atoms with E-state index in [2.05, 4.69) is 0 Å². The maximum atomic E-state index is 13.8. The van der Waals surface area contributed by atoms with E-state index >= 15 is 0 Å². The zero-order chi connectivity index (χ0) is 19.6. The van der Waals surface area contributed by atoms with Gasteiger partial charge in [-0.25, -0.2) is 8.78 Å². The zero-order valence-electron chi connectivity index (χ0n) is 15.0. The molecule has 2 N–H and O–H groups in total. The second kappa shape index (κ2) is 7.44. The van der Waals surface area contributed by atoms with E-state index in [4.69, 9.17) is 5.73 Å². The first kappa shape index (κ1) is 19.0. The molecule has 1 atom stereocenters. The molecule has 3 rings (SSSR count). The molecule has 0 aromatic heterocycles. The van der Waals surface area contributed by atoms with E-state index in [-0.39, 0.29) is 24.6 Å². The molecule has 1 heterocycles. The van der Waals surface area contributed by atoms with Gasteiger partial charge in [0.25, 0.3) is 5.91 Å². The summed E-state index contributed by atoms with van der Waals surface area (Å²) in [6, 6.07) is 12.0. The van der Waals surface area contributed by atoms with Crippen LogP contribution in [0.2, 0.25) is 0 Å². The minimum absolute atomic E-state index is 0.177. The Morgan fingerprint density at radius 1 is 0.963 bits per heavy atom. The van der Waals surface area contributed by atoms with Crippen molar-refractivity contribution in [3.8, 4) is 0 Å². The van der Waals surface area contributed by atoms with Crippen LogP contribution in [0, 0.1) is 11.6 Å². The van der Waals surface area contributed by atoms with Crippen LogP contribution in [0.1, 0.15) is 22.8 Å². The van der Waals surface area contributed by atoms with Gasteiger partial charge >= 0.3 is 0 Å².